The Morgan fingerprint density at radius 2 is 0.674 bits per heavy atom. The van der Waals surface area contributed by atoms with E-state index in [4.69, 9.17) is 9.47 Å². The van der Waals surface area contributed by atoms with Gasteiger partial charge in [-0.05, 0) is 12.8 Å². The quantitative estimate of drug-likeness (QED) is 0.0531. The van der Waals surface area contributed by atoms with E-state index in [1.807, 2.05) is 0 Å². The molecule has 0 aliphatic carbocycles. The maximum Gasteiger partial charge on any atom is 0.306 e. The second-order valence-electron chi connectivity index (χ2n) is 14.1. The molecule has 0 amide bonds. The molecule has 0 aliphatic heterocycles. The minimum absolute atomic E-state index is 0.0591. The normalized spacial score (nSPS) is 12.0. The van der Waals surface area contributed by atoms with Gasteiger partial charge in [0, 0.05) is 12.8 Å². The van der Waals surface area contributed by atoms with Gasteiger partial charge in [0.1, 0.15) is 6.61 Å². The minimum Gasteiger partial charge on any atom is -0.462 e. The Hall–Kier alpha value is -1.10. The Morgan fingerprint density at radius 1 is 0.413 bits per heavy atom. The summed E-state index contributed by atoms with van der Waals surface area (Å²) in [6.45, 7) is 4.10. The van der Waals surface area contributed by atoms with Crippen molar-refractivity contribution < 1.29 is 24.2 Å². The Bertz CT molecular complexity index is 622. The number of aliphatic hydroxyl groups excluding tert-OH is 1. The number of ether oxygens (including phenoxy) is 2. The highest BCUT2D eigenvalue weighted by Crippen LogP contribution is 2.16. The molecular formula is C41H80O5. The lowest BCUT2D eigenvalue weighted by Gasteiger charge is -2.15. The summed E-state index contributed by atoms with van der Waals surface area (Å²) in [4.78, 5) is 24.0. The molecule has 1 atom stereocenters. The van der Waals surface area contributed by atoms with Crippen LogP contribution in [0.4, 0.5) is 0 Å². The number of carbonyl (C=O) groups is 2. The molecule has 1 N–H and O–H groups in total. The lowest BCUT2D eigenvalue weighted by atomic mass is 10.0. The smallest absolute Gasteiger partial charge is 0.306 e. The summed E-state index contributed by atoms with van der Waals surface area (Å²) < 4.78 is 10.5. The Balaban J connectivity index is 3.35. The summed E-state index contributed by atoms with van der Waals surface area (Å²) in [6, 6.07) is 0. The molecular weight excluding hydrogens is 572 g/mol. The lowest BCUT2D eigenvalue weighted by molar-refractivity contribution is -0.161. The van der Waals surface area contributed by atoms with Crippen LogP contribution in [0.15, 0.2) is 0 Å². The maximum absolute atomic E-state index is 12.1. The third-order valence-corrected chi connectivity index (χ3v) is 9.40. The number of carbonyl (C=O) groups excluding carboxylic acids is 2. The molecule has 0 saturated carbocycles. The fourth-order valence-corrected chi connectivity index (χ4v) is 6.26. The predicted molar refractivity (Wildman–Crippen MR) is 196 cm³/mol. The van der Waals surface area contributed by atoms with E-state index in [9.17, 15) is 14.7 Å². The van der Waals surface area contributed by atoms with E-state index in [-0.39, 0.29) is 25.2 Å². The predicted octanol–water partition coefficient (Wildman–Crippen LogP) is 12.7. The molecule has 0 radical (unpaired) electrons. The van der Waals surface area contributed by atoms with Gasteiger partial charge in [0.2, 0.25) is 0 Å². The summed E-state index contributed by atoms with van der Waals surface area (Å²) in [5, 5.41) is 9.49. The molecule has 5 heteroatoms. The molecule has 46 heavy (non-hydrogen) atoms. The molecule has 1 unspecified atom stereocenters. The van der Waals surface area contributed by atoms with Gasteiger partial charge in [-0.1, -0.05) is 206 Å². The van der Waals surface area contributed by atoms with Crippen molar-refractivity contribution in [3.63, 3.8) is 0 Å². The van der Waals surface area contributed by atoms with E-state index in [0.29, 0.717) is 12.8 Å². The van der Waals surface area contributed by atoms with Crippen LogP contribution in [0.5, 0.6) is 0 Å². The second kappa shape index (κ2) is 38.3. The van der Waals surface area contributed by atoms with Crippen LogP contribution >= 0.6 is 0 Å². The SMILES string of the molecule is CCCCCCCCCCCCCCCCCCCCCCCCCCCCC(=O)OC(CO)COC(=O)CCCCCCCC. The number of rotatable bonds is 38. The summed E-state index contributed by atoms with van der Waals surface area (Å²) in [5.74, 6) is -0.587. The van der Waals surface area contributed by atoms with Gasteiger partial charge in [0.25, 0.3) is 0 Å². The van der Waals surface area contributed by atoms with Crippen molar-refractivity contribution in [3.05, 3.63) is 0 Å². The van der Waals surface area contributed by atoms with Gasteiger partial charge < -0.3 is 14.6 Å². The minimum atomic E-state index is -0.759. The zero-order valence-corrected chi connectivity index (χ0v) is 31.1. The second-order valence-corrected chi connectivity index (χ2v) is 14.1. The van der Waals surface area contributed by atoms with E-state index in [2.05, 4.69) is 13.8 Å². The monoisotopic (exact) mass is 653 g/mol. The largest absolute Gasteiger partial charge is 0.462 e. The molecule has 0 aromatic carbocycles. The Kier molecular flexibility index (Phi) is 37.4. The van der Waals surface area contributed by atoms with Crippen molar-refractivity contribution in [1.82, 2.24) is 0 Å². The van der Waals surface area contributed by atoms with E-state index in [1.54, 1.807) is 0 Å². The summed E-state index contributed by atoms with van der Waals surface area (Å²) >= 11 is 0. The van der Waals surface area contributed by atoms with E-state index in [1.165, 1.54) is 167 Å². The maximum atomic E-state index is 12.1. The third-order valence-electron chi connectivity index (χ3n) is 9.40. The first-order chi connectivity index (χ1) is 22.6. The van der Waals surface area contributed by atoms with Crippen molar-refractivity contribution in [1.29, 1.82) is 0 Å². The number of aliphatic hydroxyl groups is 1. The number of esters is 2. The summed E-state index contributed by atoms with van der Waals surface area (Å²) in [7, 11) is 0. The molecule has 0 saturated heterocycles. The number of hydrogen-bond donors (Lipinski definition) is 1. The molecule has 0 aromatic heterocycles. The Labute approximate surface area is 287 Å². The van der Waals surface area contributed by atoms with Crippen LogP contribution in [-0.2, 0) is 19.1 Å². The van der Waals surface area contributed by atoms with Gasteiger partial charge in [-0.15, -0.1) is 0 Å². The van der Waals surface area contributed by atoms with Crippen LogP contribution < -0.4 is 0 Å². The molecule has 0 spiro atoms. The molecule has 0 aliphatic rings. The molecule has 5 nitrogen and oxygen atoms in total. The van der Waals surface area contributed by atoms with E-state index >= 15 is 0 Å². The zero-order valence-electron chi connectivity index (χ0n) is 31.1. The zero-order chi connectivity index (χ0) is 33.6. The Morgan fingerprint density at radius 3 is 0.957 bits per heavy atom. The molecule has 0 fully saturated rings. The van der Waals surface area contributed by atoms with Gasteiger partial charge in [-0.25, -0.2) is 0 Å². The fourth-order valence-electron chi connectivity index (χ4n) is 6.26. The topological polar surface area (TPSA) is 72.8 Å². The highest BCUT2D eigenvalue weighted by Gasteiger charge is 2.16. The van der Waals surface area contributed by atoms with Crippen LogP contribution in [0.1, 0.15) is 232 Å². The van der Waals surface area contributed by atoms with E-state index < -0.39 is 6.10 Å². The van der Waals surface area contributed by atoms with Gasteiger partial charge in [0.05, 0.1) is 6.61 Å². The van der Waals surface area contributed by atoms with Crippen molar-refractivity contribution in [3.8, 4) is 0 Å². The first kappa shape index (κ1) is 44.9. The van der Waals surface area contributed by atoms with Crippen molar-refractivity contribution in [2.24, 2.45) is 0 Å². The highest BCUT2D eigenvalue weighted by atomic mass is 16.6. The average molecular weight is 653 g/mol. The molecule has 0 rings (SSSR count). The number of unbranched alkanes of at least 4 members (excludes halogenated alkanes) is 30. The van der Waals surface area contributed by atoms with Crippen LogP contribution in [-0.4, -0.2) is 36.4 Å². The molecule has 0 aromatic rings. The third kappa shape index (κ3) is 35.7. The van der Waals surface area contributed by atoms with Crippen LogP contribution in [0.2, 0.25) is 0 Å². The summed E-state index contributed by atoms with van der Waals surface area (Å²) in [5.41, 5.74) is 0. The van der Waals surface area contributed by atoms with Crippen molar-refractivity contribution in [2.45, 2.75) is 238 Å². The number of hydrogen-bond acceptors (Lipinski definition) is 5. The first-order valence-electron chi connectivity index (χ1n) is 20.6. The van der Waals surface area contributed by atoms with Crippen LogP contribution in [0, 0.1) is 0 Å². The van der Waals surface area contributed by atoms with Gasteiger partial charge in [-0.2, -0.15) is 0 Å². The van der Waals surface area contributed by atoms with Crippen molar-refractivity contribution >= 4 is 11.9 Å². The van der Waals surface area contributed by atoms with Gasteiger partial charge >= 0.3 is 11.9 Å². The first-order valence-corrected chi connectivity index (χ1v) is 20.6. The van der Waals surface area contributed by atoms with Crippen LogP contribution in [0.25, 0.3) is 0 Å². The average Bonchev–Trinajstić information content (AvgIpc) is 3.06. The molecule has 274 valence electrons. The lowest BCUT2D eigenvalue weighted by Crippen LogP contribution is -2.28. The van der Waals surface area contributed by atoms with E-state index in [0.717, 1.165) is 38.5 Å². The molecule has 0 bridgehead atoms. The van der Waals surface area contributed by atoms with Gasteiger partial charge in [0.15, 0.2) is 6.10 Å². The fraction of sp³-hybridized carbons (Fsp3) is 0.951. The van der Waals surface area contributed by atoms with Gasteiger partial charge in [-0.3, -0.25) is 9.59 Å². The van der Waals surface area contributed by atoms with Crippen LogP contribution in [0.3, 0.4) is 0 Å². The summed E-state index contributed by atoms with van der Waals surface area (Å²) in [6.07, 6.45) is 42.1. The molecule has 0 heterocycles. The standard InChI is InChI=1S/C41H80O5/c1-3-5-7-9-11-12-13-14-15-16-17-18-19-20-21-22-23-24-25-26-27-28-29-30-32-34-36-41(44)46-39(37-42)38-45-40(43)35-33-31-10-8-6-4-2/h39,42H,3-38H2,1-2H3. The van der Waals surface area contributed by atoms with Crippen molar-refractivity contribution in [2.75, 3.05) is 13.2 Å². The highest BCUT2D eigenvalue weighted by molar-refractivity contribution is 5.70.